The highest BCUT2D eigenvalue weighted by Gasteiger charge is 2.39. The lowest BCUT2D eigenvalue weighted by atomic mass is 10.2. The summed E-state index contributed by atoms with van der Waals surface area (Å²) in [5.41, 5.74) is 1.25. The van der Waals surface area contributed by atoms with E-state index >= 15 is 0 Å². The van der Waals surface area contributed by atoms with E-state index in [-0.39, 0.29) is 24.0 Å². The Morgan fingerprint density at radius 2 is 1.68 bits per heavy atom. The molecule has 1 aliphatic rings. The van der Waals surface area contributed by atoms with Gasteiger partial charge in [0.15, 0.2) is 0 Å². The van der Waals surface area contributed by atoms with E-state index in [0.29, 0.717) is 5.69 Å². The quantitative estimate of drug-likeness (QED) is 0.825. The number of nitrogens with zero attached hydrogens (tertiary/aromatic N) is 1. The SMILES string of the molecule is O=C1CC(Nc2ccc(Br)cc2)C(=O)N1c1ccc(O)cc1. The molecular formula is C16H13BrN2O3. The molecule has 112 valence electrons. The number of amides is 2. The van der Waals surface area contributed by atoms with Gasteiger partial charge in [0.1, 0.15) is 11.8 Å². The molecule has 0 aliphatic carbocycles. The van der Waals surface area contributed by atoms with Crippen LogP contribution in [0.25, 0.3) is 0 Å². The summed E-state index contributed by atoms with van der Waals surface area (Å²) in [6.45, 7) is 0. The molecule has 0 bridgehead atoms. The van der Waals surface area contributed by atoms with Crippen LogP contribution in [0.4, 0.5) is 11.4 Å². The summed E-state index contributed by atoms with van der Waals surface area (Å²) < 4.78 is 0.942. The fourth-order valence-electron chi connectivity index (χ4n) is 2.36. The number of benzene rings is 2. The summed E-state index contributed by atoms with van der Waals surface area (Å²) in [6.07, 6.45) is 0.107. The molecule has 2 aromatic carbocycles. The van der Waals surface area contributed by atoms with Crippen molar-refractivity contribution in [2.45, 2.75) is 12.5 Å². The Labute approximate surface area is 135 Å². The van der Waals surface area contributed by atoms with E-state index in [4.69, 9.17) is 0 Å². The van der Waals surface area contributed by atoms with Crippen molar-refractivity contribution < 1.29 is 14.7 Å². The lowest BCUT2D eigenvalue weighted by Crippen LogP contribution is -2.34. The lowest BCUT2D eigenvalue weighted by molar-refractivity contribution is -0.121. The summed E-state index contributed by atoms with van der Waals surface area (Å²) in [4.78, 5) is 25.7. The minimum atomic E-state index is -0.581. The molecule has 1 unspecified atom stereocenters. The van der Waals surface area contributed by atoms with E-state index < -0.39 is 6.04 Å². The molecule has 2 amide bonds. The number of rotatable bonds is 3. The van der Waals surface area contributed by atoms with Crippen LogP contribution in [0.1, 0.15) is 6.42 Å². The molecule has 0 spiro atoms. The Hall–Kier alpha value is -2.34. The zero-order valence-corrected chi connectivity index (χ0v) is 13.1. The molecule has 22 heavy (non-hydrogen) atoms. The van der Waals surface area contributed by atoms with Gasteiger partial charge in [-0.3, -0.25) is 9.59 Å². The lowest BCUT2D eigenvalue weighted by Gasteiger charge is -2.16. The molecule has 1 aliphatic heterocycles. The first-order valence-electron chi connectivity index (χ1n) is 6.72. The van der Waals surface area contributed by atoms with Crippen molar-refractivity contribution >= 4 is 39.1 Å². The monoisotopic (exact) mass is 360 g/mol. The number of hydrogen-bond donors (Lipinski definition) is 2. The summed E-state index contributed by atoms with van der Waals surface area (Å²) in [5, 5.41) is 12.4. The minimum Gasteiger partial charge on any atom is -0.508 e. The maximum Gasteiger partial charge on any atom is 0.256 e. The van der Waals surface area contributed by atoms with Crippen molar-refractivity contribution in [3.63, 3.8) is 0 Å². The number of phenols is 1. The van der Waals surface area contributed by atoms with Gasteiger partial charge in [-0.15, -0.1) is 0 Å². The van der Waals surface area contributed by atoms with Crippen LogP contribution in [-0.4, -0.2) is 23.0 Å². The molecule has 0 aromatic heterocycles. The first kappa shape index (κ1) is 14.6. The molecular weight excluding hydrogens is 348 g/mol. The van der Waals surface area contributed by atoms with Gasteiger partial charge in [-0.2, -0.15) is 0 Å². The van der Waals surface area contributed by atoms with Gasteiger partial charge in [0.05, 0.1) is 12.1 Å². The Bertz CT molecular complexity index is 713. The average Bonchev–Trinajstić information content (AvgIpc) is 2.77. The Balaban J connectivity index is 1.79. The van der Waals surface area contributed by atoms with Gasteiger partial charge in [0.2, 0.25) is 5.91 Å². The number of carbonyl (C=O) groups excluding carboxylic acids is 2. The van der Waals surface area contributed by atoms with Gasteiger partial charge in [-0.25, -0.2) is 4.90 Å². The van der Waals surface area contributed by atoms with Crippen LogP contribution in [0.5, 0.6) is 5.75 Å². The third kappa shape index (κ3) is 2.82. The minimum absolute atomic E-state index is 0.0902. The molecule has 2 N–H and O–H groups in total. The van der Waals surface area contributed by atoms with Gasteiger partial charge in [-0.1, -0.05) is 15.9 Å². The first-order chi connectivity index (χ1) is 10.5. The topological polar surface area (TPSA) is 69.6 Å². The molecule has 5 nitrogen and oxygen atoms in total. The van der Waals surface area contributed by atoms with Crippen molar-refractivity contribution in [3.05, 3.63) is 53.0 Å². The number of imide groups is 1. The number of halogens is 1. The summed E-state index contributed by atoms with van der Waals surface area (Å²) in [6, 6.07) is 12.8. The Morgan fingerprint density at radius 1 is 1.05 bits per heavy atom. The van der Waals surface area contributed by atoms with Crippen molar-refractivity contribution in [1.29, 1.82) is 0 Å². The van der Waals surface area contributed by atoms with Crippen LogP contribution in [0.15, 0.2) is 53.0 Å². The second-order valence-corrected chi connectivity index (χ2v) is 5.91. The van der Waals surface area contributed by atoms with Crippen molar-refractivity contribution in [2.75, 3.05) is 10.2 Å². The van der Waals surface area contributed by atoms with E-state index in [1.54, 1.807) is 12.1 Å². The molecule has 2 aromatic rings. The van der Waals surface area contributed by atoms with Crippen molar-refractivity contribution in [1.82, 2.24) is 0 Å². The summed E-state index contributed by atoms with van der Waals surface area (Å²) in [5.74, 6) is -0.462. The molecule has 1 saturated heterocycles. The second-order valence-electron chi connectivity index (χ2n) is 4.99. The second kappa shape index (κ2) is 5.81. The van der Waals surface area contributed by atoms with Crippen molar-refractivity contribution in [3.8, 4) is 5.75 Å². The largest absolute Gasteiger partial charge is 0.508 e. The number of phenolic OH excluding ortho intramolecular Hbond substituents is 1. The van der Waals surface area contributed by atoms with Gasteiger partial charge in [0, 0.05) is 10.2 Å². The van der Waals surface area contributed by atoms with Crippen LogP contribution < -0.4 is 10.2 Å². The zero-order valence-electron chi connectivity index (χ0n) is 11.5. The number of carbonyl (C=O) groups is 2. The van der Waals surface area contributed by atoms with Gasteiger partial charge in [0.25, 0.3) is 5.91 Å². The summed E-state index contributed by atoms with van der Waals surface area (Å²) >= 11 is 3.35. The number of aromatic hydroxyl groups is 1. The molecule has 1 fully saturated rings. The molecule has 0 radical (unpaired) electrons. The molecule has 6 heteroatoms. The zero-order chi connectivity index (χ0) is 15.7. The number of anilines is 2. The maximum atomic E-state index is 12.4. The fourth-order valence-corrected chi connectivity index (χ4v) is 2.63. The van der Waals surface area contributed by atoms with Crippen LogP contribution in [0.3, 0.4) is 0 Å². The van der Waals surface area contributed by atoms with Gasteiger partial charge in [-0.05, 0) is 48.5 Å². The molecule has 1 atom stereocenters. The average molecular weight is 361 g/mol. The highest BCUT2D eigenvalue weighted by Crippen LogP contribution is 2.26. The van der Waals surface area contributed by atoms with E-state index in [1.807, 2.05) is 24.3 Å². The van der Waals surface area contributed by atoms with Crippen molar-refractivity contribution in [2.24, 2.45) is 0 Å². The Kier molecular flexibility index (Phi) is 3.85. The van der Waals surface area contributed by atoms with Gasteiger partial charge >= 0.3 is 0 Å². The van der Waals surface area contributed by atoms with Crippen LogP contribution in [0, 0.1) is 0 Å². The van der Waals surface area contributed by atoms with Gasteiger partial charge < -0.3 is 10.4 Å². The first-order valence-corrected chi connectivity index (χ1v) is 7.52. The predicted octanol–water partition coefficient (Wildman–Crippen LogP) is 2.90. The van der Waals surface area contributed by atoms with E-state index in [9.17, 15) is 14.7 Å². The molecule has 1 heterocycles. The van der Waals surface area contributed by atoms with Crippen LogP contribution in [-0.2, 0) is 9.59 Å². The Morgan fingerprint density at radius 3 is 2.32 bits per heavy atom. The van der Waals surface area contributed by atoms with E-state index in [1.165, 1.54) is 12.1 Å². The highest BCUT2D eigenvalue weighted by atomic mass is 79.9. The normalized spacial score (nSPS) is 17.9. The van der Waals surface area contributed by atoms with E-state index in [0.717, 1.165) is 15.1 Å². The van der Waals surface area contributed by atoms with Crippen LogP contribution in [0.2, 0.25) is 0 Å². The predicted molar refractivity (Wildman–Crippen MR) is 86.8 cm³/mol. The number of nitrogens with one attached hydrogen (secondary N) is 1. The molecule has 3 rings (SSSR count). The standard InChI is InChI=1S/C16H13BrN2O3/c17-10-1-3-11(4-2-10)18-14-9-15(21)19(16(14)22)12-5-7-13(20)8-6-12/h1-8,14,18,20H,9H2. The van der Waals surface area contributed by atoms with E-state index in [2.05, 4.69) is 21.2 Å². The highest BCUT2D eigenvalue weighted by molar-refractivity contribution is 9.10. The third-order valence-electron chi connectivity index (χ3n) is 3.44. The molecule has 0 saturated carbocycles. The smallest absolute Gasteiger partial charge is 0.256 e. The van der Waals surface area contributed by atoms with Crippen LogP contribution >= 0.6 is 15.9 Å². The third-order valence-corrected chi connectivity index (χ3v) is 3.97. The summed E-state index contributed by atoms with van der Waals surface area (Å²) in [7, 11) is 0. The maximum absolute atomic E-state index is 12.4. The number of hydrogen-bond acceptors (Lipinski definition) is 4. The fraction of sp³-hybridized carbons (Fsp3) is 0.125.